The Morgan fingerprint density at radius 3 is 3.06 bits per heavy atom. The zero-order valence-electron chi connectivity index (χ0n) is 10.4. The van der Waals surface area contributed by atoms with Crippen molar-refractivity contribution < 1.29 is 9.47 Å². The van der Waals surface area contributed by atoms with Gasteiger partial charge in [0.2, 0.25) is 0 Å². The van der Waals surface area contributed by atoms with Gasteiger partial charge in [-0.15, -0.1) is 0 Å². The molecule has 1 aromatic carbocycles. The molecule has 0 bridgehead atoms. The molecular formula is C14H19NO2. The number of fused-ring (bicyclic) bond motifs is 1. The second kappa shape index (κ2) is 5.23. The van der Waals surface area contributed by atoms with Crippen molar-refractivity contribution in [3.05, 3.63) is 29.3 Å². The maximum atomic E-state index is 5.74. The lowest BCUT2D eigenvalue weighted by Crippen LogP contribution is -2.05. The lowest BCUT2D eigenvalue weighted by molar-refractivity contribution is 0.254. The summed E-state index contributed by atoms with van der Waals surface area (Å²) in [7, 11) is 1.70. The minimum Gasteiger partial charge on any atom is -0.496 e. The Morgan fingerprint density at radius 1 is 1.53 bits per heavy atom. The van der Waals surface area contributed by atoms with Crippen LogP contribution < -0.4 is 15.2 Å². The summed E-state index contributed by atoms with van der Waals surface area (Å²) < 4.78 is 11.1. The van der Waals surface area contributed by atoms with Crippen molar-refractivity contribution in [2.75, 3.05) is 13.7 Å². The number of ether oxygens (including phenoxy) is 2. The van der Waals surface area contributed by atoms with E-state index in [1.807, 2.05) is 12.1 Å². The van der Waals surface area contributed by atoms with Gasteiger partial charge in [-0.1, -0.05) is 12.2 Å². The lowest BCUT2D eigenvalue weighted by atomic mass is 10.1. The van der Waals surface area contributed by atoms with E-state index in [0.717, 1.165) is 29.9 Å². The van der Waals surface area contributed by atoms with Crippen LogP contribution >= 0.6 is 0 Å². The van der Waals surface area contributed by atoms with E-state index in [0.29, 0.717) is 6.54 Å². The Hall–Kier alpha value is -1.48. The van der Waals surface area contributed by atoms with Crippen LogP contribution in [0, 0.1) is 0 Å². The summed E-state index contributed by atoms with van der Waals surface area (Å²) in [6.07, 6.45) is 6.19. The summed E-state index contributed by atoms with van der Waals surface area (Å²) in [5, 5.41) is 0. The highest BCUT2D eigenvalue weighted by atomic mass is 16.5. The third-order valence-corrected chi connectivity index (χ3v) is 2.88. The first kappa shape index (κ1) is 12.0. The van der Waals surface area contributed by atoms with Gasteiger partial charge >= 0.3 is 0 Å². The van der Waals surface area contributed by atoms with Gasteiger partial charge in [0, 0.05) is 17.5 Å². The topological polar surface area (TPSA) is 44.5 Å². The Morgan fingerprint density at radius 2 is 2.35 bits per heavy atom. The predicted molar refractivity (Wildman–Crippen MR) is 69.5 cm³/mol. The smallest absolute Gasteiger partial charge is 0.126 e. The molecule has 1 aliphatic rings. The van der Waals surface area contributed by atoms with Crippen LogP contribution in [-0.2, 0) is 6.42 Å². The van der Waals surface area contributed by atoms with Crippen molar-refractivity contribution in [3.63, 3.8) is 0 Å². The van der Waals surface area contributed by atoms with Crippen LogP contribution in [0.1, 0.15) is 24.5 Å². The van der Waals surface area contributed by atoms with Crippen molar-refractivity contribution in [3.8, 4) is 11.5 Å². The summed E-state index contributed by atoms with van der Waals surface area (Å²) >= 11 is 0. The molecule has 0 amide bonds. The van der Waals surface area contributed by atoms with E-state index in [1.54, 1.807) is 7.11 Å². The summed E-state index contributed by atoms with van der Waals surface area (Å²) in [5.41, 5.74) is 7.74. The largest absolute Gasteiger partial charge is 0.496 e. The molecule has 0 saturated carbocycles. The number of benzene rings is 1. The predicted octanol–water partition coefficient (Wildman–Crippen LogP) is 2.38. The van der Waals surface area contributed by atoms with Crippen LogP contribution in [0.3, 0.4) is 0 Å². The maximum Gasteiger partial charge on any atom is 0.126 e. The zero-order valence-corrected chi connectivity index (χ0v) is 10.4. The van der Waals surface area contributed by atoms with Crippen molar-refractivity contribution in [2.45, 2.75) is 25.9 Å². The van der Waals surface area contributed by atoms with Crippen molar-refractivity contribution >= 4 is 6.08 Å². The van der Waals surface area contributed by atoms with Gasteiger partial charge < -0.3 is 15.2 Å². The van der Waals surface area contributed by atoms with Crippen LogP contribution in [0.5, 0.6) is 11.5 Å². The number of hydrogen-bond acceptors (Lipinski definition) is 3. The van der Waals surface area contributed by atoms with Crippen LogP contribution in [0.25, 0.3) is 6.08 Å². The SMILES string of the molecule is COc1cc2c(cc1/C=C/CCN)OC(C)C2. The minimum atomic E-state index is 0.262. The molecule has 0 aliphatic carbocycles. The molecule has 2 N–H and O–H groups in total. The molecule has 0 radical (unpaired) electrons. The van der Waals surface area contributed by atoms with Gasteiger partial charge in [-0.3, -0.25) is 0 Å². The number of nitrogens with two attached hydrogens (primary N) is 1. The number of rotatable bonds is 4. The first-order valence-electron chi connectivity index (χ1n) is 5.98. The number of methoxy groups -OCH3 is 1. The van der Waals surface area contributed by atoms with Crippen molar-refractivity contribution in [1.82, 2.24) is 0 Å². The molecule has 1 unspecified atom stereocenters. The molecule has 1 aliphatic heterocycles. The standard InChI is InChI=1S/C14H19NO2/c1-10-7-12-9-13(16-2)11(5-3-4-6-15)8-14(12)17-10/h3,5,8-10H,4,6-7,15H2,1-2H3/b5-3+. The molecule has 92 valence electrons. The Kier molecular flexibility index (Phi) is 3.69. The second-order valence-corrected chi connectivity index (χ2v) is 4.31. The van der Waals surface area contributed by atoms with Gasteiger partial charge in [-0.25, -0.2) is 0 Å². The summed E-state index contributed by atoms with van der Waals surface area (Å²) in [6.45, 7) is 2.74. The number of hydrogen-bond donors (Lipinski definition) is 1. The Bertz CT molecular complexity index is 426. The monoisotopic (exact) mass is 233 g/mol. The molecule has 1 aromatic rings. The highest BCUT2D eigenvalue weighted by Gasteiger charge is 2.20. The molecular weight excluding hydrogens is 214 g/mol. The summed E-state index contributed by atoms with van der Waals surface area (Å²) in [6, 6.07) is 4.12. The fourth-order valence-corrected chi connectivity index (χ4v) is 2.07. The molecule has 0 saturated heterocycles. The maximum absolute atomic E-state index is 5.74. The van der Waals surface area contributed by atoms with Gasteiger partial charge in [0.1, 0.15) is 17.6 Å². The van der Waals surface area contributed by atoms with E-state index >= 15 is 0 Å². The zero-order chi connectivity index (χ0) is 12.3. The van der Waals surface area contributed by atoms with Crippen LogP contribution in [-0.4, -0.2) is 19.8 Å². The van der Waals surface area contributed by atoms with Crippen LogP contribution in [0.4, 0.5) is 0 Å². The molecule has 0 fully saturated rings. The molecule has 3 heteroatoms. The van der Waals surface area contributed by atoms with Crippen molar-refractivity contribution in [1.29, 1.82) is 0 Å². The Balaban J connectivity index is 2.29. The summed E-state index contributed by atoms with van der Waals surface area (Å²) in [4.78, 5) is 0. The van der Waals surface area contributed by atoms with E-state index in [1.165, 1.54) is 5.56 Å². The molecule has 2 rings (SSSR count). The highest BCUT2D eigenvalue weighted by molar-refractivity contribution is 5.62. The molecule has 0 aromatic heterocycles. The van der Waals surface area contributed by atoms with Crippen LogP contribution in [0.15, 0.2) is 18.2 Å². The second-order valence-electron chi connectivity index (χ2n) is 4.31. The van der Waals surface area contributed by atoms with E-state index < -0.39 is 0 Å². The normalized spacial score (nSPS) is 18.2. The Labute approximate surface area is 102 Å². The molecule has 0 spiro atoms. The van der Waals surface area contributed by atoms with Gasteiger partial charge in [0.05, 0.1) is 7.11 Å². The van der Waals surface area contributed by atoms with Gasteiger partial charge in [0.15, 0.2) is 0 Å². The summed E-state index contributed by atoms with van der Waals surface area (Å²) in [5.74, 6) is 1.88. The van der Waals surface area contributed by atoms with Crippen LogP contribution in [0.2, 0.25) is 0 Å². The molecule has 1 atom stereocenters. The third kappa shape index (κ3) is 2.61. The highest BCUT2D eigenvalue weighted by Crippen LogP contribution is 2.35. The first-order chi connectivity index (χ1) is 8.24. The van der Waals surface area contributed by atoms with Gasteiger partial charge in [0.25, 0.3) is 0 Å². The van der Waals surface area contributed by atoms with E-state index in [4.69, 9.17) is 15.2 Å². The molecule has 1 heterocycles. The molecule has 17 heavy (non-hydrogen) atoms. The molecule has 3 nitrogen and oxygen atoms in total. The van der Waals surface area contributed by atoms with Crippen molar-refractivity contribution in [2.24, 2.45) is 5.73 Å². The van der Waals surface area contributed by atoms with E-state index in [2.05, 4.69) is 19.1 Å². The van der Waals surface area contributed by atoms with E-state index in [9.17, 15) is 0 Å². The van der Waals surface area contributed by atoms with E-state index in [-0.39, 0.29) is 6.10 Å². The minimum absolute atomic E-state index is 0.262. The van der Waals surface area contributed by atoms with Gasteiger partial charge in [-0.05, 0) is 32.0 Å². The third-order valence-electron chi connectivity index (χ3n) is 2.88. The fraction of sp³-hybridized carbons (Fsp3) is 0.429. The average molecular weight is 233 g/mol. The van der Waals surface area contributed by atoms with Gasteiger partial charge in [-0.2, -0.15) is 0 Å². The quantitative estimate of drug-likeness (QED) is 0.868. The first-order valence-corrected chi connectivity index (χ1v) is 5.98. The average Bonchev–Trinajstić information content (AvgIpc) is 2.67. The lowest BCUT2D eigenvalue weighted by Gasteiger charge is -2.08. The fourth-order valence-electron chi connectivity index (χ4n) is 2.07.